The molecule has 2 fully saturated rings. The summed E-state index contributed by atoms with van der Waals surface area (Å²) in [5.74, 6) is -1.56. The molecule has 8 heteroatoms. The van der Waals surface area contributed by atoms with E-state index < -0.39 is 27.4 Å². The van der Waals surface area contributed by atoms with E-state index in [9.17, 15) is 22.0 Å². The lowest BCUT2D eigenvalue weighted by molar-refractivity contribution is -0.925. The van der Waals surface area contributed by atoms with Gasteiger partial charge in [0.25, 0.3) is 5.91 Å². The first-order chi connectivity index (χ1) is 10.9. The van der Waals surface area contributed by atoms with Gasteiger partial charge in [-0.05, 0) is 12.1 Å². The second kappa shape index (κ2) is 6.16. The van der Waals surface area contributed by atoms with Gasteiger partial charge in [0, 0.05) is 12.5 Å². The average molecular weight is 345 g/mol. The molecule has 1 aromatic carbocycles. The van der Waals surface area contributed by atoms with Crippen LogP contribution in [0.15, 0.2) is 18.2 Å². The quantitative estimate of drug-likeness (QED) is 0.786. The summed E-state index contributed by atoms with van der Waals surface area (Å²) in [4.78, 5) is 15.1. The van der Waals surface area contributed by atoms with E-state index in [-0.39, 0.29) is 23.1 Å². The van der Waals surface area contributed by atoms with Crippen LogP contribution in [-0.2, 0) is 9.84 Å². The summed E-state index contributed by atoms with van der Waals surface area (Å²) in [5, 5.41) is 0. The van der Waals surface area contributed by atoms with Crippen LogP contribution in [0.5, 0.6) is 0 Å². The second-order valence-electron chi connectivity index (χ2n) is 6.17. The predicted octanol–water partition coefficient (Wildman–Crippen LogP) is -0.507. The second-order valence-corrected chi connectivity index (χ2v) is 8.40. The fraction of sp³-hybridized carbons (Fsp3) is 0.533. The highest BCUT2D eigenvalue weighted by molar-refractivity contribution is 7.91. The molecular formula is C15H19F2N2O3S+. The van der Waals surface area contributed by atoms with E-state index in [1.165, 1.54) is 4.90 Å². The summed E-state index contributed by atoms with van der Waals surface area (Å²) in [6, 6.07) is 3.04. The lowest BCUT2D eigenvalue weighted by atomic mass is 10.1. The summed E-state index contributed by atoms with van der Waals surface area (Å²) in [6.45, 7) is 2.19. The maximum Gasteiger partial charge on any atom is 0.257 e. The van der Waals surface area contributed by atoms with Crippen LogP contribution in [0.4, 0.5) is 8.78 Å². The molecule has 126 valence electrons. The predicted molar refractivity (Wildman–Crippen MR) is 80.0 cm³/mol. The molecule has 2 aliphatic heterocycles. The lowest BCUT2D eigenvalue weighted by Gasteiger charge is -2.35. The zero-order valence-electron chi connectivity index (χ0n) is 12.6. The number of rotatable bonds is 2. The average Bonchev–Trinajstić information content (AvgIpc) is 2.87. The highest BCUT2D eigenvalue weighted by Gasteiger charge is 2.37. The van der Waals surface area contributed by atoms with E-state index in [0.29, 0.717) is 38.7 Å². The first-order valence-corrected chi connectivity index (χ1v) is 9.47. The minimum Gasteiger partial charge on any atom is -0.329 e. The van der Waals surface area contributed by atoms with Crippen molar-refractivity contribution in [3.05, 3.63) is 35.4 Å². The van der Waals surface area contributed by atoms with Crippen molar-refractivity contribution in [1.82, 2.24) is 4.90 Å². The molecule has 0 aliphatic carbocycles. The van der Waals surface area contributed by atoms with E-state index in [0.717, 1.165) is 12.1 Å². The molecule has 2 saturated heterocycles. The Morgan fingerprint density at radius 1 is 1.22 bits per heavy atom. The molecule has 2 heterocycles. The first kappa shape index (κ1) is 16.3. The Morgan fingerprint density at radius 3 is 2.48 bits per heavy atom. The fourth-order valence-corrected chi connectivity index (χ4v) is 5.18. The number of amides is 1. The summed E-state index contributed by atoms with van der Waals surface area (Å²) >= 11 is 0. The fourth-order valence-electron chi connectivity index (χ4n) is 3.36. The van der Waals surface area contributed by atoms with Gasteiger partial charge in [0.05, 0.1) is 37.5 Å². The molecular weight excluding hydrogens is 326 g/mol. The van der Waals surface area contributed by atoms with Gasteiger partial charge >= 0.3 is 0 Å². The van der Waals surface area contributed by atoms with Crippen molar-refractivity contribution in [2.75, 3.05) is 37.7 Å². The van der Waals surface area contributed by atoms with Crippen molar-refractivity contribution in [2.24, 2.45) is 0 Å². The number of piperazine rings is 1. The van der Waals surface area contributed by atoms with Crippen molar-refractivity contribution in [3.8, 4) is 0 Å². The van der Waals surface area contributed by atoms with Gasteiger partial charge in [-0.3, -0.25) is 4.79 Å². The summed E-state index contributed by atoms with van der Waals surface area (Å²) < 4.78 is 49.7. The Hall–Kier alpha value is -1.54. The summed E-state index contributed by atoms with van der Waals surface area (Å²) in [7, 11) is -2.91. The first-order valence-electron chi connectivity index (χ1n) is 7.65. The largest absolute Gasteiger partial charge is 0.329 e. The van der Waals surface area contributed by atoms with Crippen molar-refractivity contribution in [2.45, 2.75) is 12.5 Å². The van der Waals surface area contributed by atoms with Gasteiger partial charge in [0.15, 0.2) is 9.84 Å². The van der Waals surface area contributed by atoms with Crippen molar-refractivity contribution < 1.29 is 26.9 Å². The van der Waals surface area contributed by atoms with Gasteiger partial charge in [-0.1, -0.05) is 0 Å². The number of carbonyl (C=O) groups excluding carboxylic acids is 1. The van der Waals surface area contributed by atoms with Crippen LogP contribution in [0, 0.1) is 11.6 Å². The van der Waals surface area contributed by atoms with Gasteiger partial charge in [-0.15, -0.1) is 0 Å². The van der Waals surface area contributed by atoms with Gasteiger partial charge in [0.2, 0.25) is 0 Å². The number of quaternary nitrogens is 1. The Kier molecular flexibility index (Phi) is 4.37. The van der Waals surface area contributed by atoms with Crippen LogP contribution in [-0.4, -0.2) is 63.0 Å². The minimum absolute atomic E-state index is 0.0970. The molecule has 1 N–H and O–H groups in total. The molecule has 0 unspecified atom stereocenters. The highest BCUT2D eigenvalue weighted by Crippen LogP contribution is 2.13. The molecule has 23 heavy (non-hydrogen) atoms. The number of benzene rings is 1. The summed E-state index contributed by atoms with van der Waals surface area (Å²) in [5.41, 5.74) is -0.127. The molecule has 0 spiro atoms. The molecule has 1 atom stereocenters. The lowest BCUT2D eigenvalue weighted by Crippen LogP contribution is -3.18. The van der Waals surface area contributed by atoms with E-state index in [4.69, 9.17) is 0 Å². The Balaban J connectivity index is 1.61. The highest BCUT2D eigenvalue weighted by atomic mass is 32.2. The Labute approximate surface area is 133 Å². The third-order valence-electron chi connectivity index (χ3n) is 4.66. The number of sulfone groups is 1. The normalized spacial score (nSPS) is 24.8. The SMILES string of the molecule is O=C(c1ccc(F)cc1F)N1CC[NH+]([C@@H]2CCS(=O)(=O)C2)CC1. The molecule has 3 rings (SSSR count). The maximum atomic E-state index is 13.7. The van der Waals surface area contributed by atoms with Crippen LogP contribution in [0.1, 0.15) is 16.8 Å². The molecule has 5 nitrogen and oxygen atoms in total. The van der Waals surface area contributed by atoms with Crippen molar-refractivity contribution in [3.63, 3.8) is 0 Å². The van der Waals surface area contributed by atoms with Crippen LogP contribution < -0.4 is 4.90 Å². The van der Waals surface area contributed by atoms with E-state index in [1.807, 2.05) is 0 Å². The molecule has 0 saturated carbocycles. The zero-order chi connectivity index (χ0) is 16.6. The van der Waals surface area contributed by atoms with Gasteiger partial charge in [-0.25, -0.2) is 17.2 Å². The molecule has 1 aromatic rings. The van der Waals surface area contributed by atoms with Gasteiger partial charge in [-0.2, -0.15) is 0 Å². The Morgan fingerprint density at radius 2 is 1.91 bits per heavy atom. The molecule has 2 aliphatic rings. The zero-order valence-corrected chi connectivity index (χ0v) is 13.4. The molecule has 0 bridgehead atoms. The number of nitrogens with zero attached hydrogens (tertiary/aromatic N) is 1. The van der Waals surface area contributed by atoms with Crippen molar-refractivity contribution in [1.29, 1.82) is 0 Å². The van der Waals surface area contributed by atoms with E-state index in [1.54, 1.807) is 4.90 Å². The van der Waals surface area contributed by atoms with Gasteiger partial charge in [0.1, 0.15) is 23.4 Å². The minimum atomic E-state index is -2.91. The van der Waals surface area contributed by atoms with Crippen LogP contribution in [0.3, 0.4) is 0 Å². The topological polar surface area (TPSA) is 58.9 Å². The monoisotopic (exact) mass is 345 g/mol. The number of halogens is 2. The van der Waals surface area contributed by atoms with E-state index >= 15 is 0 Å². The van der Waals surface area contributed by atoms with Crippen LogP contribution in [0.25, 0.3) is 0 Å². The third kappa shape index (κ3) is 3.53. The smallest absolute Gasteiger partial charge is 0.257 e. The van der Waals surface area contributed by atoms with E-state index in [2.05, 4.69) is 0 Å². The van der Waals surface area contributed by atoms with Crippen LogP contribution >= 0.6 is 0 Å². The van der Waals surface area contributed by atoms with Crippen LogP contribution in [0.2, 0.25) is 0 Å². The standard InChI is InChI=1S/C15H18F2N2O3S/c16-11-1-2-13(14(17)9-11)15(20)19-6-4-18(5-7-19)12-3-8-23(21,22)10-12/h1-2,9,12H,3-8,10H2/p+1/t12-/m1/s1. The van der Waals surface area contributed by atoms with Gasteiger partial charge < -0.3 is 9.80 Å². The number of nitrogens with one attached hydrogen (secondary N) is 1. The Bertz CT molecular complexity index is 715. The number of hydrogen-bond donors (Lipinski definition) is 1. The molecule has 0 aromatic heterocycles. The maximum absolute atomic E-state index is 13.7. The summed E-state index contributed by atoms with van der Waals surface area (Å²) in [6.07, 6.45) is 0.665. The third-order valence-corrected chi connectivity index (χ3v) is 6.43. The molecule has 1 amide bonds. The molecule has 0 radical (unpaired) electrons. The number of carbonyl (C=O) groups is 1. The number of hydrogen-bond acceptors (Lipinski definition) is 3. The van der Waals surface area contributed by atoms with Crippen molar-refractivity contribution >= 4 is 15.7 Å².